The van der Waals surface area contributed by atoms with E-state index in [9.17, 15) is 0 Å². The van der Waals surface area contributed by atoms with Gasteiger partial charge in [-0.05, 0) is 13.3 Å². The molecule has 0 spiro atoms. The van der Waals surface area contributed by atoms with Crippen LogP contribution in [0.15, 0.2) is 17.7 Å². The third-order valence-electron chi connectivity index (χ3n) is 1.02. The Balaban J connectivity index is 3.40. The Morgan fingerprint density at radius 3 is 2.62 bits per heavy atom. The lowest BCUT2D eigenvalue weighted by molar-refractivity contribution is 0.952. The standard InChI is InChI=1S/C8H13/c1-4-6-7-8(3)5-2/h2,5,7H,4,6H2,1,3H3/b5-2?,8-7+. The Morgan fingerprint density at radius 2 is 2.25 bits per heavy atom. The Bertz CT molecular complexity index is 88.2. The first kappa shape index (κ1) is 7.48. The number of rotatable bonds is 3. The van der Waals surface area contributed by atoms with Crippen molar-refractivity contribution in [3.63, 3.8) is 0 Å². The monoisotopic (exact) mass is 109 g/mol. The second kappa shape index (κ2) is 4.63. The first-order chi connectivity index (χ1) is 3.81. The molecular formula is C8H13. The SMILES string of the molecule is [CH]=C/C(C)=C/CCC. The second-order valence-corrected chi connectivity index (χ2v) is 1.90. The minimum atomic E-state index is 1.14. The smallest absolute Gasteiger partial charge is 0.0348 e. The third kappa shape index (κ3) is 3.66. The largest absolute Gasteiger partial charge is 0.0816 e. The van der Waals surface area contributed by atoms with E-state index in [0.29, 0.717) is 0 Å². The van der Waals surface area contributed by atoms with Crippen LogP contribution in [0, 0.1) is 6.58 Å². The Morgan fingerprint density at radius 1 is 1.62 bits per heavy atom. The zero-order valence-electron chi connectivity index (χ0n) is 5.65. The van der Waals surface area contributed by atoms with E-state index in [1.54, 1.807) is 6.08 Å². The normalized spacial score (nSPS) is 11.5. The van der Waals surface area contributed by atoms with Crippen LogP contribution in [0.4, 0.5) is 0 Å². The maximum absolute atomic E-state index is 5.22. The zero-order valence-corrected chi connectivity index (χ0v) is 5.65. The van der Waals surface area contributed by atoms with Crippen LogP contribution in [0.25, 0.3) is 0 Å². The van der Waals surface area contributed by atoms with Crippen molar-refractivity contribution in [2.24, 2.45) is 0 Å². The van der Waals surface area contributed by atoms with Crippen molar-refractivity contribution < 1.29 is 0 Å². The average molecular weight is 109 g/mol. The van der Waals surface area contributed by atoms with Crippen molar-refractivity contribution in [2.75, 3.05) is 0 Å². The van der Waals surface area contributed by atoms with E-state index < -0.39 is 0 Å². The van der Waals surface area contributed by atoms with Crippen LogP contribution in [0.5, 0.6) is 0 Å². The highest BCUT2D eigenvalue weighted by molar-refractivity contribution is 5.10. The molecule has 0 aromatic heterocycles. The molecule has 0 fully saturated rings. The van der Waals surface area contributed by atoms with Crippen molar-refractivity contribution in [3.8, 4) is 0 Å². The summed E-state index contributed by atoms with van der Waals surface area (Å²) in [6.07, 6.45) is 6.11. The molecule has 0 aromatic rings. The molecule has 1 radical (unpaired) electrons. The highest BCUT2D eigenvalue weighted by Crippen LogP contribution is 1.96. The molecule has 0 saturated heterocycles. The predicted octanol–water partition coefficient (Wildman–Crippen LogP) is 2.72. The first-order valence-electron chi connectivity index (χ1n) is 3.03. The minimum Gasteiger partial charge on any atom is -0.0816 e. The fourth-order valence-corrected chi connectivity index (χ4v) is 0.440. The second-order valence-electron chi connectivity index (χ2n) is 1.90. The third-order valence-corrected chi connectivity index (χ3v) is 1.02. The fraction of sp³-hybridized carbons (Fsp3) is 0.500. The van der Waals surface area contributed by atoms with E-state index >= 15 is 0 Å². The molecule has 0 N–H and O–H groups in total. The van der Waals surface area contributed by atoms with Gasteiger partial charge in [-0.1, -0.05) is 37.6 Å². The maximum atomic E-state index is 5.22. The molecule has 0 rings (SSSR count). The van der Waals surface area contributed by atoms with Crippen LogP contribution in [-0.2, 0) is 0 Å². The van der Waals surface area contributed by atoms with Crippen molar-refractivity contribution >= 4 is 0 Å². The molecule has 0 nitrogen and oxygen atoms in total. The van der Waals surface area contributed by atoms with Gasteiger partial charge in [-0.3, -0.25) is 0 Å². The number of hydrogen-bond acceptors (Lipinski definition) is 0. The van der Waals surface area contributed by atoms with Gasteiger partial charge < -0.3 is 0 Å². The molecule has 0 aliphatic carbocycles. The van der Waals surface area contributed by atoms with Crippen LogP contribution >= 0.6 is 0 Å². The summed E-state index contributed by atoms with van der Waals surface area (Å²) < 4.78 is 0. The van der Waals surface area contributed by atoms with Crippen molar-refractivity contribution in [1.82, 2.24) is 0 Å². The Hall–Kier alpha value is -0.520. The molecule has 45 valence electrons. The highest BCUT2D eigenvalue weighted by Gasteiger charge is 1.76. The first-order valence-corrected chi connectivity index (χ1v) is 3.03. The Labute approximate surface area is 51.9 Å². The lowest BCUT2D eigenvalue weighted by Crippen LogP contribution is -1.66. The summed E-state index contributed by atoms with van der Waals surface area (Å²) in [5.74, 6) is 0. The Kier molecular flexibility index (Phi) is 4.33. The van der Waals surface area contributed by atoms with Crippen molar-refractivity contribution in [3.05, 3.63) is 24.3 Å². The van der Waals surface area contributed by atoms with Gasteiger partial charge in [-0.2, -0.15) is 0 Å². The molecule has 0 amide bonds. The molecule has 0 heterocycles. The summed E-state index contributed by atoms with van der Waals surface area (Å²) in [4.78, 5) is 0. The topological polar surface area (TPSA) is 0 Å². The average Bonchev–Trinajstić information content (AvgIpc) is 1.83. The van der Waals surface area contributed by atoms with E-state index in [4.69, 9.17) is 6.58 Å². The number of hydrogen-bond donors (Lipinski definition) is 0. The van der Waals surface area contributed by atoms with E-state index in [-0.39, 0.29) is 0 Å². The van der Waals surface area contributed by atoms with Crippen molar-refractivity contribution in [1.29, 1.82) is 0 Å². The fourth-order valence-electron chi connectivity index (χ4n) is 0.440. The van der Waals surface area contributed by atoms with Gasteiger partial charge in [0.25, 0.3) is 0 Å². The molecule has 0 aliphatic heterocycles. The highest BCUT2D eigenvalue weighted by atomic mass is 13.8. The summed E-state index contributed by atoms with van der Waals surface area (Å²) in [5.41, 5.74) is 1.17. The lowest BCUT2D eigenvalue weighted by atomic mass is 10.2. The van der Waals surface area contributed by atoms with E-state index in [2.05, 4.69) is 13.0 Å². The predicted molar refractivity (Wildman–Crippen MR) is 37.5 cm³/mol. The van der Waals surface area contributed by atoms with Gasteiger partial charge in [0.1, 0.15) is 0 Å². The van der Waals surface area contributed by atoms with Crippen molar-refractivity contribution in [2.45, 2.75) is 26.7 Å². The molecule has 0 saturated carbocycles. The molecule has 0 aromatic carbocycles. The zero-order chi connectivity index (χ0) is 6.41. The van der Waals surface area contributed by atoms with Gasteiger partial charge in [-0.15, -0.1) is 0 Å². The summed E-state index contributed by atoms with van der Waals surface area (Å²) in [6.45, 7) is 9.38. The van der Waals surface area contributed by atoms with Crippen LogP contribution in [0.3, 0.4) is 0 Å². The summed E-state index contributed by atoms with van der Waals surface area (Å²) in [5, 5.41) is 0. The molecule has 0 bridgehead atoms. The van der Waals surface area contributed by atoms with Gasteiger partial charge in [0.2, 0.25) is 0 Å². The van der Waals surface area contributed by atoms with Crippen LogP contribution in [0.2, 0.25) is 0 Å². The van der Waals surface area contributed by atoms with Gasteiger partial charge in [0, 0.05) is 0 Å². The summed E-state index contributed by atoms with van der Waals surface area (Å²) >= 11 is 0. The molecule has 8 heavy (non-hydrogen) atoms. The number of allylic oxidation sites excluding steroid dienone is 3. The van der Waals surface area contributed by atoms with Crippen LogP contribution in [0.1, 0.15) is 26.7 Å². The van der Waals surface area contributed by atoms with Gasteiger partial charge >= 0.3 is 0 Å². The van der Waals surface area contributed by atoms with E-state index in [1.165, 1.54) is 12.0 Å². The lowest BCUT2D eigenvalue weighted by Gasteiger charge is -1.87. The summed E-state index contributed by atoms with van der Waals surface area (Å²) in [7, 11) is 0. The molecule has 0 heteroatoms. The van der Waals surface area contributed by atoms with E-state index in [0.717, 1.165) is 6.42 Å². The van der Waals surface area contributed by atoms with Crippen LogP contribution < -0.4 is 0 Å². The molecular weight excluding hydrogens is 96.1 g/mol. The quantitative estimate of drug-likeness (QED) is 0.489. The van der Waals surface area contributed by atoms with Gasteiger partial charge in [0.15, 0.2) is 0 Å². The molecule has 0 unspecified atom stereocenters. The summed E-state index contributed by atoms with van der Waals surface area (Å²) in [6, 6.07) is 0. The maximum Gasteiger partial charge on any atom is -0.0348 e. The van der Waals surface area contributed by atoms with E-state index in [1.807, 2.05) is 6.92 Å². The molecule has 0 aliphatic rings. The number of unbranched alkanes of at least 4 members (excludes halogenated alkanes) is 1. The van der Waals surface area contributed by atoms with Gasteiger partial charge in [0.05, 0.1) is 0 Å². The van der Waals surface area contributed by atoms with Crippen LogP contribution in [-0.4, -0.2) is 0 Å². The molecule has 0 atom stereocenters. The minimum absolute atomic E-state index is 1.14. The van der Waals surface area contributed by atoms with Gasteiger partial charge in [-0.25, -0.2) is 0 Å².